The normalized spacial score (nSPS) is 13.9. The van der Waals surface area contributed by atoms with E-state index in [0.717, 1.165) is 25.2 Å². The van der Waals surface area contributed by atoms with Crippen molar-refractivity contribution >= 4 is 11.7 Å². The van der Waals surface area contributed by atoms with Crippen molar-refractivity contribution in [1.82, 2.24) is 10.2 Å². The van der Waals surface area contributed by atoms with Crippen LogP contribution in [0.3, 0.4) is 0 Å². The minimum Gasteiger partial charge on any atom is -0.490 e. The molecule has 1 amide bonds. The van der Waals surface area contributed by atoms with Gasteiger partial charge in [-0.3, -0.25) is 15.1 Å². The molecule has 0 aliphatic carbocycles. The van der Waals surface area contributed by atoms with Crippen LogP contribution in [0, 0.1) is 5.41 Å². The van der Waals surface area contributed by atoms with E-state index in [2.05, 4.69) is 16.3 Å². The fraction of sp³-hybridized carbons (Fsp3) is 0.391. The minimum absolute atomic E-state index is 0.0881. The number of ether oxygens (including phenoxy) is 2. The van der Waals surface area contributed by atoms with Crippen LogP contribution in [0.2, 0.25) is 0 Å². The lowest BCUT2D eigenvalue weighted by atomic mass is 10.1. The van der Waals surface area contributed by atoms with Gasteiger partial charge in [0, 0.05) is 17.7 Å². The highest BCUT2D eigenvalue weighted by molar-refractivity contribution is 6.11. The van der Waals surface area contributed by atoms with E-state index >= 15 is 0 Å². The van der Waals surface area contributed by atoms with E-state index in [9.17, 15) is 4.79 Å². The Hall–Kier alpha value is -2.86. The largest absolute Gasteiger partial charge is 0.490 e. The average Bonchev–Trinajstić information content (AvgIpc) is 3.23. The summed E-state index contributed by atoms with van der Waals surface area (Å²) in [5.74, 6) is 0.880. The number of benzene rings is 2. The van der Waals surface area contributed by atoms with Gasteiger partial charge < -0.3 is 14.8 Å². The molecule has 1 heterocycles. The monoisotopic (exact) mass is 395 g/mol. The van der Waals surface area contributed by atoms with E-state index in [1.54, 1.807) is 18.2 Å². The molecule has 2 aromatic carbocycles. The molecule has 154 valence electrons. The minimum atomic E-state index is -0.344. The van der Waals surface area contributed by atoms with Crippen LogP contribution in [0.15, 0.2) is 42.5 Å². The molecule has 6 nitrogen and oxygen atoms in total. The molecule has 0 bridgehead atoms. The van der Waals surface area contributed by atoms with Gasteiger partial charge in [-0.1, -0.05) is 18.2 Å². The van der Waals surface area contributed by atoms with Gasteiger partial charge in [0.1, 0.15) is 5.84 Å². The summed E-state index contributed by atoms with van der Waals surface area (Å²) in [7, 11) is 0. The lowest BCUT2D eigenvalue weighted by Crippen LogP contribution is -2.30. The number of amides is 1. The molecular weight excluding hydrogens is 366 g/mol. The Kier molecular flexibility index (Phi) is 7.25. The van der Waals surface area contributed by atoms with E-state index < -0.39 is 0 Å². The highest BCUT2D eigenvalue weighted by Gasteiger charge is 2.15. The first kappa shape index (κ1) is 20.9. The number of carbonyl (C=O) groups is 1. The zero-order chi connectivity index (χ0) is 20.6. The molecule has 1 saturated heterocycles. The lowest BCUT2D eigenvalue weighted by molar-refractivity contribution is 0.0976. The Labute approximate surface area is 172 Å². The molecule has 0 radical (unpaired) electrons. The van der Waals surface area contributed by atoms with Gasteiger partial charge in [0.05, 0.1) is 13.2 Å². The molecule has 0 spiro atoms. The lowest BCUT2D eigenvalue weighted by Gasteiger charge is -2.15. The van der Waals surface area contributed by atoms with Crippen LogP contribution in [0.1, 0.15) is 48.2 Å². The molecule has 1 aliphatic heterocycles. The zero-order valence-corrected chi connectivity index (χ0v) is 17.2. The maximum absolute atomic E-state index is 12.7. The van der Waals surface area contributed by atoms with Crippen molar-refractivity contribution in [2.45, 2.75) is 33.2 Å². The van der Waals surface area contributed by atoms with E-state index in [1.807, 2.05) is 32.0 Å². The SMILES string of the molecule is CCOc1ccc(C(=O)NC(=N)c2cccc(CN3CCCC3)c2)cc1OCC. The van der Waals surface area contributed by atoms with Crippen molar-refractivity contribution in [1.29, 1.82) is 5.41 Å². The maximum atomic E-state index is 12.7. The number of hydrogen-bond donors (Lipinski definition) is 2. The molecule has 0 aromatic heterocycles. The molecule has 29 heavy (non-hydrogen) atoms. The third-order valence-electron chi connectivity index (χ3n) is 4.86. The van der Waals surface area contributed by atoms with Crippen molar-refractivity contribution in [3.63, 3.8) is 0 Å². The summed E-state index contributed by atoms with van der Waals surface area (Å²) < 4.78 is 11.1. The van der Waals surface area contributed by atoms with Gasteiger partial charge in [0.15, 0.2) is 11.5 Å². The Morgan fingerprint density at radius 1 is 1.00 bits per heavy atom. The van der Waals surface area contributed by atoms with Crippen molar-refractivity contribution in [3.05, 3.63) is 59.2 Å². The summed E-state index contributed by atoms with van der Waals surface area (Å²) in [6, 6.07) is 12.9. The molecule has 1 fully saturated rings. The van der Waals surface area contributed by atoms with Gasteiger partial charge >= 0.3 is 0 Å². The summed E-state index contributed by atoms with van der Waals surface area (Å²) in [5, 5.41) is 11.0. The molecule has 3 rings (SSSR count). The molecular formula is C23H29N3O3. The van der Waals surface area contributed by atoms with Gasteiger partial charge in [0.2, 0.25) is 0 Å². The fourth-order valence-electron chi connectivity index (χ4n) is 3.47. The first-order chi connectivity index (χ1) is 14.1. The summed E-state index contributed by atoms with van der Waals surface area (Å²) in [6.45, 7) is 7.90. The van der Waals surface area contributed by atoms with Crippen LogP contribution < -0.4 is 14.8 Å². The maximum Gasteiger partial charge on any atom is 0.256 e. The highest BCUT2D eigenvalue weighted by atomic mass is 16.5. The third-order valence-corrected chi connectivity index (χ3v) is 4.86. The summed E-state index contributed by atoms with van der Waals surface area (Å²) in [4.78, 5) is 15.1. The number of carbonyl (C=O) groups excluding carboxylic acids is 1. The zero-order valence-electron chi connectivity index (χ0n) is 17.2. The quantitative estimate of drug-likeness (QED) is 0.526. The topological polar surface area (TPSA) is 74.7 Å². The van der Waals surface area contributed by atoms with Crippen LogP contribution in [-0.2, 0) is 6.54 Å². The van der Waals surface area contributed by atoms with Crippen LogP contribution >= 0.6 is 0 Å². The second-order valence-corrected chi connectivity index (χ2v) is 7.04. The average molecular weight is 396 g/mol. The number of likely N-dealkylation sites (tertiary alicyclic amines) is 1. The van der Waals surface area contributed by atoms with Crippen molar-refractivity contribution in [2.24, 2.45) is 0 Å². The summed E-state index contributed by atoms with van der Waals surface area (Å²) >= 11 is 0. The number of hydrogen-bond acceptors (Lipinski definition) is 5. The van der Waals surface area contributed by atoms with Crippen LogP contribution in [0.5, 0.6) is 11.5 Å². The van der Waals surface area contributed by atoms with Gasteiger partial charge in [-0.05, 0) is 69.6 Å². The van der Waals surface area contributed by atoms with E-state index in [1.165, 1.54) is 12.8 Å². The molecule has 0 unspecified atom stereocenters. The Morgan fingerprint density at radius 2 is 1.72 bits per heavy atom. The van der Waals surface area contributed by atoms with Crippen molar-refractivity contribution < 1.29 is 14.3 Å². The van der Waals surface area contributed by atoms with Gasteiger partial charge in [0.25, 0.3) is 5.91 Å². The third kappa shape index (κ3) is 5.57. The predicted molar refractivity (Wildman–Crippen MR) is 114 cm³/mol. The van der Waals surface area contributed by atoms with Crippen molar-refractivity contribution in [3.8, 4) is 11.5 Å². The first-order valence-electron chi connectivity index (χ1n) is 10.2. The second kappa shape index (κ2) is 10.1. The van der Waals surface area contributed by atoms with Gasteiger partial charge in [-0.2, -0.15) is 0 Å². The van der Waals surface area contributed by atoms with Crippen LogP contribution in [0.25, 0.3) is 0 Å². The molecule has 2 aromatic rings. The number of nitrogens with zero attached hydrogens (tertiary/aromatic N) is 1. The summed E-state index contributed by atoms with van der Waals surface area (Å²) in [6.07, 6.45) is 2.49. The van der Waals surface area contributed by atoms with Crippen LogP contribution in [0.4, 0.5) is 0 Å². The fourth-order valence-corrected chi connectivity index (χ4v) is 3.47. The molecule has 6 heteroatoms. The molecule has 0 saturated carbocycles. The highest BCUT2D eigenvalue weighted by Crippen LogP contribution is 2.28. The molecule has 1 aliphatic rings. The van der Waals surface area contributed by atoms with Crippen LogP contribution in [-0.4, -0.2) is 42.9 Å². The second-order valence-electron chi connectivity index (χ2n) is 7.04. The Bertz CT molecular complexity index is 860. The summed E-state index contributed by atoms with van der Waals surface area (Å²) in [5.41, 5.74) is 2.28. The molecule has 2 N–H and O–H groups in total. The number of nitrogens with one attached hydrogen (secondary N) is 2. The standard InChI is InChI=1S/C23H29N3O3/c1-3-28-20-11-10-19(15-21(20)29-4-2)23(27)25-22(24)18-9-7-8-17(14-18)16-26-12-5-6-13-26/h7-11,14-15H,3-6,12-13,16H2,1-2H3,(H2,24,25,27). The van der Waals surface area contributed by atoms with Gasteiger partial charge in [-0.25, -0.2) is 0 Å². The Balaban J connectivity index is 1.68. The smallest absolute Gasteiger partial charge is 0.256 e. The van der Waals surface area contributed by atoms with E-state index in [-0.39, 0.29) is 11.7 Å². The number of rotatable bonds is 8. The van der Waals surface area contributed by atoms with Gasteiger partial charge in [-0.15, -0.1) is 0 Å². The number of amidine groups is 1. The van der Waals surface area contributed by atoms with E-state index in [0.29, 0.717) is 35.8 Å². The first-order valence-corrected chi connectivity index (χ1v) is 10.2. The Morgan fingerprint density at radius 3 is 2.45 bits per heavy atom. The van der Waals surface area contributed by atoms with Crippen molar-refractivity contribution in [2.75, 3.05) is 26.3 Å². The van der Waals surface area contributed by atoms with E-state index in [4.69, 9.17) is 14.9 Å². The molecule has 0 atom stereocenters. The predicted octanol–water partition coefficient (Wildman–Crippen LogP) is 3.84.